The highest BCUT2D eigenvalue weighted by atomic mass is 16.7. The summed E-state index contributed by atoms with van der Waals surface area (Å²) in [5, 5.41) is 1.57. The monoisotopic (exact) mass is 169 g/mol. The lowest BCUT2D eigenvalue weighted by Gasteiger charge is -2.25. The summed E-state index contributed by atoms with van der Waals surface area (Å²) in [7, 11) is 0. The number of carbonyl (C=O) groups is 1. The Kier molecular flexibility index (Phi) is 2.05. The Balaban J connectivity index is 1.86. The molecule has 0 spiro atoms. The lowest BCUT2D eigenvalue weighted by molar-refractivity contribution is -0.198. The molecule has 68 valence electrons. The van der Waals surface area contributed by atoms with Crippen molar-refractivity contribution in [2.24, 2.45) is 11.8 Å². The highest BCUT2D eigenvalue weighted by Crippen LogP contribution is 2.39. The third-order valence-corrected chi connectivity index (χ3v) is 2.68. The van der Waals surface area contributed by atoms with Crippen molar-refractivity contribution in [3.05, 3.63) is 0 Å². The van der Waals surface area contributed by atoms with Crippen LogP contribution in [0.4, 0.5) is 0 Å². The van der Waals surface area contributed by atoms with E-state index in [9.17, 15) is 4.79 Å². The Morgan fingerprint density at radius 2 is 2.25 bits per heavy atom. The normalized spacial score (nSPS) is 34.9. The third-order valence-electron chi connectivity index (χ3n) is 2.68. The molecule has 1 aliphatic carbocycles. The van der Waals surface area contributed by atoms with Crippen LogP contribution in [0.5, 0.6) is 0 Å². The van der Waals surface area contributed by atoms with Gasteiger partial charge in [-0.2, -0.15) is 0 Å². The van der Waals surface area contributed by atoms with Gasteiger partial charge in [-0.25, -0.2) is 5.06 Å². The first-order chi connectivity index (χ1) is 5.79. The maximum absolute atomic E-state index is 11.6. The van der Waals surface area contributed by atoms with Crippen LogP contribution in [0.2, 0.25) is 0 Å². The number of hydrogen-bond donors (Lipinski definition) is 0. The first-order valence-electron chi connectivity index (χ1n) is 4.73. The Bertz CT molecular complexity index is 187. The first-order valence-corrected chi connectivity index (χ1v) is 4.73. The summed E-state index contributed by atoms with van der Waals surface area (Å²) >= 11 is 0. The van der Waals surface area contributed by atoms with E-state index in [-0.39, 0.29) is 11.8 Å². The molecule has 0 aromatic carbocycles. The van der Waals surface area contributed by atoms with Crippen LogP contribution in [-0.4, -0.2) is 24.1 Å². The van der Waals surface area contributed by atoms with E-state index in [2.05, 4.69) is 6.92 Å². The van der Waals surface area contributed by atoms with Crippen molar-refractivity contribution < 1.29 is 9.63 Å². The van der Waals surface area contributed by atoms with Gasteiger partial charge in [-0.15, -0.1) is 0 Å². The number of rotatable bonds is 1. The molecule has 0 aromatic rings. The van der Waals surface area contributed by atoms with E-state index < -0.39 is 0 Å². The second kappa shape index (κ2) is 3.05. The molecular weight excluding hydrogens is 154 g/mol. The minimum Gasteiger partial charge on any atom is -0.272 e. The van der Waals surface area contributed by atoms with Crippen LogP contribution in [0.3, 0.4) is 0 Å². The van der Waals surface area contributed by atoms with Gasteiger partial charge >= 0.3 is 0 Å². The number of amides is 1. The number of carbonyl (C=O) groups excluding carboxylic acids is 1. The molecular formula is C9H15NO2. The second-order valence-electron chi connectivity index (χ2n) is 3.80. The lowest BCUT2D eigenvalue weighted by Crippen LogP contribution is -2.36. The predicted octanol–water partition coefficient (Wildman–Crippen LogP) is 1.20. The molecule has 2 fully saturated rings. The van der Waals surface area contributed by atoms with Gasteiger partial charge in [0.2, 0.25) is 5.91 Å². The minimum atomic E-state index is 0.210. The van der Waals surface area contributed by atoms with E-state index in [4.69, 9.17) is 4.84 Å². The van der Waals surface area contributed by atoms with E-state index in [0.717, 1.165) is 25.8 Å². The van der Waals surface area contributed by atoms with Crippen molar-refractivity contribution in [1.29, 1.82) is 0 Å². The smallest absolute Gasteiger partial charge is 0.249 e. The van der Waals surface area contributed by atoms with E-state index in [1.807, 2.05) is 0 Å². The van der Waals surface area contributed by atoms with Crippen LogP contribution < -0.4 is 0 Å². The summed E-state index contributed by atoms with van der Waals surface area (Å²) < 4.78 is 0. The topological polar surface area (TPSA) is 29.5 Å². The summed E-state index contributed by atoms with van der Waals surface area (Å²) in [6.45, 7) is 3.63. The van der Waals surface area contributed by atoms with Crippen LogP contribution in [0.25, 0.3) is 0 Å². The van der Waals surface area contributed by atoms with E-state index >= 15 is 0 Å². The van der Waals surface area contributed by atoms with Gasteiger partial charge in [0.05, 0.1) is 6.61 Å². The molecule has 2 atom stereocenters. The van der Waals surface area contributed by atoms with Crippen LogP contribution in [0.1, 0.15) is 26.2 Å². The lowest BCUT2D eigenvalue weighted by atomic mass is 10.2. The molecule has 2 rings (SSSR count). The molecule has 2 aliphatic rings. The van der Waals surface area contributed by atoms with Crippen molar-refractivity contribution in [3.8, 4) is 0 Å². The molecule has 0 aromatic heterocycles. The van der Waals surface area contributed by atoms with Crippen molar-refractivity contribution in [2.75, 3.05) is 13.2 Å². The maximum Gasteiger partial charge on any atom is 0.249 e. The third kappa shape index (κ3) is 1.46. The van der Waals surface area contributed by atoms with Gasteiger partial charge < -0.3 is 0 Å². The summed E-state index contributed by atoms with van der Waals surface area (Å²) in [6, 6.07) is 0. The molecule has 1 aliphatic heterocycles. The zero-order valence-corrected chi connectivity index (χ0v) is 7.45. The molecule has 12 heavy (non-hydrogen) atoms. The number of nitrogens with zero attached hydrogens (tertiary/aromatic N) is 1. The Morgan fingerprint density at radius 3 is 2.75 bits per heavy atom. The molecule has 1 saturated carbocycles. The van der Waals surface area contributed by atoms with Gasteiger partial charge in [-0.05, 0) is 25.2 Å². The molecule has 2 unspecified atom stereocenters. The van der Waals surface area contributed by atoms with Crippen LogP contribution in [0, 0.1) is 11.8 Å². The molecule has 3 nitrogen and oxygen atoms in total. The molecule has 0 bridgehead atoms. The van der Waals surface area contributed by atoms with E-state index in [0.29, 0.717) is 12.5 Å². The molecule has 3 heteroatoms. The standard InChI is InChI=1S/C9H15NO2/c1-7-6-8(7)9(11)10-4-2-3-5-12-10/h7-8H,2-6H2,1H3. The Hall–Kier alpha value is -0.570. The van der Waals surface area contributed by atoms with Crippen LogP contribution >= 0.6 is 0 Å². The van der Waals surface area contributed by atoms with Gasteiger partial charge in [-0.3, -0.25) is 9.63 Å². The van der Waals surface area contributed by atoms with Crippen LogP contribution in [0.15, 0.2) is 0 Å². The van der Waals surface area contributed by atoms with Gasteiger partial charge in [0.1, 0.15) is 0 Å². The number of hydrogen-bond acceptors (Lipinski definition) is 2. The highest BCUT2D eigenvalue weighted by molar-refractivity contribution is 5.80. The summed E-state index contributed by atoms with van der Waals surface area (Å²) in [6.07, 6.45) is 3.23. The summed E-state index contributed by atoms with van der Waals surface area (Å²) in [5.74, 6) is 1.06. The zero-order chi connectivity index (χ0) is 8.55. The Morgan fingerprint density at radius 1 is 1.50 bits per heavy atom. The van der Waals surface area contributed by atoms with Gasteiger partial charge in [0.25, 0.3) is 0 Å². The van der Waals surface area contributed by atoms with Gasteiger partial charge in [0.15, 0.2) is 0 Å². The quantitative estimate of drug-likeness (QED) is 0.590. The van der Waals surface area contributed by atoms with Crippen molar-refractivity contribution in [2.45, 2.75) is 26.2 Å². The van der Waals surface area contributed by atoms with Crippen LogP contribution in [-0.2, 0) is 9.63 Å². The zero-order valence-electron chi connectivity index (χ0n) is 7.45. The fourth-order valence-corrected chi connectivity index (χ4v) is 1.62. The summed E-state index contributed by atoms with van der Waals surface area (Å²) in [5.41, 5.74) is 0. The van der Waals surface area contributed by atoms with Crippen molar-refractivity contribution in [3.63, 3.8) is 0 Å². The van der Waals surface area contributed by atoms with E-state index in [1.54, 1.807) is 5.06 Å². The van der Waals surface area contributed by atoms with Crippen molar-refractivity contribution >= 4 is 5.91 Å². The molecule has 1 saturated heterocycles. The molecule has 0 radical (unpaired) electrons. The molecule has 0 N–H and O–H groups in total. The fraction of sp³-hybridized carbons (Fsp3) is 0.889. The average Bonchev–Trinajstić information content (AvgIpc) is 2.83. The predicted molar refractivity (Wildman–Crippen MR) is 44.2 cm³/mol. The van der Waals surface area contributed by atoms with E-state index in [1.165, 1.54) is 0 Å². The first kappa shape index (κ1) is 8.05. The summed E-state index contributed by atoms with van der Waals surface area (Å²) in [4.78, 5) is 16.8. The number of hydroxylamine groups is 2. The molecule has 1 amide bonds. The molecule has 1 heterocycles. The SMILES string of the molecule is CC1CC1C(=O)N1CCCCO1. The van der Waals surface area contributed by atoms with Crippen molar-refractivity contribution in [1.82, 2.24) is 5.06 Å². The second-order valence-corrected chi connectivity index (χ2v) is 3.80. The average molecular weight is 169 g/mol. The minimum absolute atomic E-state index is 0.210. The fourth-order valence-electron chi connectivity index (χ4n) is 1.62. The maximum atomic E-state index is 11.6. The van der Waals surface area contributed by atoms with Gasteiger partial charge in [0, 0.05) is 12.5 Å². The largest absolute Gasteiger partial charge is 0.272 e. The highest BCUT2D eigenvalue weighted by Gasteiger charge is 2.42. The Labute approximate surface area is 72.6 Å². The van der Waals surface area contributed by atoms with Gasteiger partial charge in [-0.1, -0.05) is 6.92 Å².